The van der Waals surface area contributed by atoms with Crippen LogP contribution in [0.3, 0.4) is 0 Å². The van der Waals surface area contributed by atoms with E-state index in [4.69, 9.17) is 10.7 Å². The lowest BCUT2D eigenvalue weighted by Gasteiger charge is -2.36. The third-order valence-corrected chi connectivity index (χ3v) is 4.99. The van der Waals surface area contributed by atoms with Crippen molar-refractivity contribution in [3.63, 3.8) is 0 Å². The molecule has 2 heterocycles. The number of nitrogens with zero attached hydrogens (tertiary/aromatic N) is 4. The monoisotopic (exact) mass is 367 g/mol. The Morgan fingerprint density at radius 1 is 1.04 bits per heavy atom. The van der Waals surface area contributed by atoms with Gasteiger partial charge in [-0.25, -0.2) is 9.97 Å². The first-order valence-corrected chi connectivity index (χ1v) is 9.56. The van der Waals surface area contributed by atoms with Crippen molar-refractivity contribution in [1.82, 2.24) is 14.9 Å². The number of piperazine rings is 1. The molecule has 2 N–H and O–H groups in total. The maximum atomic E-state index is 12.8. The maximum Gasteiger partial charge on any atom is 0.244 e. The number of carbonyl (C=O) groups is 1. The second kappa shape index (κ2) is 8.05. The summed E-state index contributed by atoms with van der Waals surface area (Å²) in [6.45, 7) is 11.0. The van der Waals surface area contributed by atoms with Crippen molar-refractivity contribution < 1.29 is 4.79 Å². The molecule has 6 nitrogen and oxygen atoms in total. The number of rotatable bonds is 4. The van der Waals surface area contributed by atoms with Crippen LogP contribution in [0.15, 0.2) is 30.3 Å². The highest BCUT2D eigenvalue weighted by atomic mass is 16.2. The quantitative estimate of drug-likeness (QED) is 0.899. The van der Waals surface area contributed by atoms with E-state index in [0.29, 0.717) is 19.0 Å². The van der Waals surface area contributed by atoms with Crippen LogP contribution < -0.4 is 10.6 Å². The molecule has 1 fully saturated rings. The average molecular weight is 367 g/mol. The van der Waals surface area contributed by atoms with Crippen molar-refractivity contribution in [2.24, 2.45) is 5.73 Å². The Kier molecular flexibility index (Phi) is 5.75. The summed E-state index contributed by atoms with van der Waals surface area (Å²) in [5.41, 5.74) is 9.21. The smallest absolute Gasteiger partial charge is 0.244 e. The van der Waals surface area contributed by atoms with Crippen molar-refractivity contribution in [2.75, 3.05) is 31.1 Å². The average Bonchev–Trinajstić information content (AvgIpc) is 2.67. The number of aryl methyl sites for hydroxylation is 2. The topological polar surface area (TPSA) is 75.4 Å². The van der Waals surface area contributed by atoms with Gasteiger partial charge in [-0.2, -0.15) is 0 Å². The number of nitrogens with two attached hydrogens (primary N) is 1. The van der Waals surface area contributed by atoms with Crippen molar-refractivity contribution in [2.45, 2.75) is 39.7 Å². The molecular formula is C21H29N5O. The van der Waals surface area contributed by atoms with Gasteiger partial charge in [0, 0.05) is 43.9 Å². The molecule has 1 aromatic carbocycles. The van der Waals surface area contributed by atoms with Crippen LogP contribution in [0.25, 0.3) is 0 Å². The fourth-order valence-electron chi connectivity index (χ4n) is 3.26. The highest BCUT2D eigenvalue weighted by molar-refractivity contribution is 5.83. The van der Waals surface area contributed by atoms with Gasteiger partial charge in [-0.3, -0.25) is 4.79 Å². The summed E-state index contributed by atoms with van der Waals surface area (Å²) in [6.07, 6.45) is 0. The predicted octanol–water partition coefficient (Wildman–Crippen LogP) is 2.57. The normalized spacial score (nSPS) is 15.9. The first-order valence-electron chi connectivity index (χ1n) is 9.56. The lowest BCUT2D eigenvalue weighted by atomic mass is 10.0. The Balaban J connectivity index is 1.65. The van der Waals surface area contributed by atoms with E-state index in [1.807, 2.05) is 49.1 Å². The number of hydrogen-bond donors (Lipinski definition) is 1. The van der Waals surface area contributed by atoms with Gasteiger partial charge in [0.05, 0.1) is 0 Å². The molecular weight excluding hydrogens is 338 g/mol. The zero-order chi connectivity index (χ0) is 19.6. The van der Waals surface area contributed by atoms with Gasteiger partial charge in [0.15, 0.2) is 0 Å². The molecule has 144 valence electrons. The predicted molar refractivity (Wildman–Crippen MR) is 108 cm³/mol. The Hall–Kier alpha value is -2.47. The van der Waals surface area contributed by atoms with Crippen LogP contribution in [0.1, 0.15) is 48.5 Å². The zero-order valence-electron chi connectivity index (χ0n) is 16.6. The Morgan fingerprint density at radius 3 is 2.26 bits per heavy atom. The van der Waals surface area contributed by atoms with Gasteiger partial charge in [-0.1, -0.05) is 43.7 Å². The SMILES string of the molecule is Cc1ccc(C(N)C(=O)N2CCN(c3cc(C)nc(C(C)C)n3)CC2)cc1. The molecule has 1 aliphatic rings. The molecule has 27 heavy (non-hydrogen) atoms. The van der Waals surface area contributed by atoms with Crippen molar-refractivity contribution in [1.29, 1.82) is 0 Å². The molecule has 1 saturated heterocycles. The van der Waals surface area contributed by atoms with E-state index in [2.05, 4.69) is 23.7 Å². The van der Waals surface area contributed by atoms with Gasteiger partial charge in [0.1, 0.15) is 17.7 Å². The molecule has 0 aliphatic carbocycles. The molecule has 2 aromatic rings. The minimum Gasteiger partial charge on any atom is -0.353 e. The van der Waals surface area contributed by atoms with E-state index in [-0.39, 0.29) is 5.91 Å². The van der Waals surface area contributed by atoms with Crippen LogP contribution in [0.4, 0.5) is 5.82 Å². The van der Waals surface area contributed by atoms with E-state index in [1.165, 1.54) is 0 Å². The van der Waals surface area contributed by atoms with Gasteiger partial charge in [-0.15, -0.1) is 0 Å². The van der Waals surface area contributed by atoms with E-state index in [9.17, 15) is 4.79 Å². The second-order valence-corrected chi connectivity index (χ2v) is 7.58. The summed E-state index contributed by atoms with van der Waals surface area (Å²) in [5, 5.41) is 0. The summed E-state index contributed by atoms with van der Waals surface area (Å²) in [5.74, 6) is 2.09. The Morgan fingerprint density at radius 2 is 1.67 bits per heavy atom. The molecule has 1 unspecified atom stereocenters. The van der Waals surface area contributed by atoms with Gasteiger partial charge < -0.3 is 15.5 Å². The van der Waals surface area contributed by atoms with Crippen LogP contribution in [-0.2, 0) is 4.79 Å². The van der Waals surface area contributed by atoms with Crippen LogP contribution in [0.2, 0.25) is 0 Å². The summed E-state index contributed by atoms with van der Waals surface area (Å²) in [7, 11) is 0. The number of benzene rings is 1. The standard InChI is InChI=1S/C21H29N5O/c1-14(2)20-23-16(4)13-18(24-20)25-9-11-26(12-10-25)21(27)19(22)17-7-5-15(3)6-8-17/h5-8,13-14,19H,9-12,22H2,1-4H3. The van der Waals surface area contributed by atoms with Crippen LogP contribution in [-0.4, -0.2) is 47.0 Å². The number of anilines is 1. The molecule has 0 radical (unpaired) electrons. The zero-order valence-corrected chi connectivity index (χ0v) is 16.6. The minimum atomic E-state index is -0.606. The molecule has 0 bridgehead atoms. The van der Waals surface area contributed by atoms with E-state index in [1.54, 1.807) is 0 Å². The summed E-state index contributed by atoms with van der Waals surface area (Å²) in [6, 6.07) is 9.26. The lowest BCUT2D eigenvalue weighted by molar-refractivity contribution is -0.133. The molecule has 6 heteroatoms. The number of amides is 1. The molecule has 1 aromatic heterocycles. The maximum absolute atomic E-state index is 12.8. The van der Waals surface area contributed by atoms with Crippen molar-refractivity contribution >= 4 is 11.7 Å². The van der Waals surface area contributed by atoms with E-state index < -0.39 is 6.04 Å². The second-order valence-electron chi connectivity index (χ2n) is 7.58. The number of hydrogen-bond acceptors (Lipinski definition) is 5. The summed E-state index contributed by atoms with van der Waals surface area (Å²) in [4.78, 5) is 26.1. The number of aromatic nitrogens is 2. The Bertz CT molecular complexity index is 795. The first-order chi connectivity index (χ1) is 12.8. The van der Waals surface area contributed by atoms with E-state index >= 15 is 0 Å². The van der Waals surface area contributed by atoms with Crippen LogP contribution in [0.5, 0.6) is 0 Å². The lowest BCUT2D eigenvalue weighted by Crippen LogP contribution is -2.51. The third-order valence-electron chi connectivity index (χ3n) is 4.99. The fourth-order valence-corrected chi connectivity index (χ4v) is 3.26. The van der Waals surface area contributed by atoms with Crippen LogP contribution >= 0.6 is 0 Å². The molecule has 0 spiro atoms. The minimum absolute atomic E-state index is 0.0137. The van der Waals surface area contributed by atoms with E-state index in [0.717, 1.165) is 41.6 Å². The molecule has 3 rings (SSSR count). The summed E-state index contributed by atoms with van der Waals surface area (Å²) < 4.78 is 0. The van der Waals surface area contributed by atoms with Gasteiger partial charge in [-0.05, 0) is 19.4 Å². The van der Waals surface area contributed by atoms with Crippen molar-refractivity contribution in [3.05, 3.63) is 53.0 Å². The third kappa shape index (κ3) is 4.45. The molecule has 0 saturated carbocycles. The highest BCUT2D eigenvalue weighted by Crippen LogP contribution is 2.20. The molecule has 1 atom stereocenters. The first kappa shape index (κ1) is 19.3. The number of carbonyl (C=O) groups excluding carboxylic acids is 1. The Labute approximate surface area is 161 Å². The van der Waals surface area contributed by atoms with Gasteiger partial charge in [0.2, 0.25) is 5.91 Å². The fraction of sp³-hybridized carbons (Fsp3) is 0.476. The molecule has 1 aliphatic heterocycles. The highest BCUT2D eigenvalue weighted by Gasteiger charge is 2.27. The van der Waals surface area contributed by atoms with Gasteiger partial charge >= 0.3 is 0 Å². The summed E-state index contributed by atoms with van der Waals surface area (Å²) >= 11 is 0. The largest absolute Gasteiger partial charge is 0.353 e. The molecule has 1 amide bonds. The van der Waals surface area contributed by atoms with Gasteiger partial charge in [0.25, 0.3) is 0 Å². The van der Waals surface area contributed by atoms with Crippen LogP contribution in [0, 0.1) is 13.8 Å². The van der Waals surface area contributed by atoms with Crippen molar-refractivity contribution in [3.8, 4) is 0 Å².